The number of rotatable bonds is 8. The quantitative estimate of drug-likeness (QED) is 0.314. The van der Waals surface area contributed by atoms with Crippen molar-refractivity contribution in [2.45, 2.75) is 51.2 Å². The van der Waals surface area contributed by atoms with Crippen LogP contribution in [0.15, 0.2) is 77.3 Å². The summed E-state index contributed by atoms with van der Waals surface area (Å²) >= 11 is 0. The molecule has 1 saturated carbocycles. The number of furan rings is 1. The number of nitrogens with one attached hydrogen (secondary N) is 1. The van der Waals surface area contributed by atoms with Crippen molar-refractivity contribution in [3.05, 3.63) is 95.6 Å². The Morgan fingerprint density at radius 2 is 1.78 bits per heavy atom. The molecule has 41 heavy (non-hydrogen) atoms. The Labute approximate surface area is 240 Å². The molecule has 3 heterocycles. The lowest BCUT2D eigenvalue weighted by Gasteiger charge is -2.32. The van der Waals surface area contributed by atoms with E-state index in [9.17, 15) is 9.59 Å². The van der Waals surface area contributed by atoms with Gasteiger partial charge in [-0.3, -0.25) is 24.4 Å². The van der Waals surface area contributed by atoms with Crippen LogP contribution >= 0.6 is 0 Å². The topological polar surface area (TPSA) is 87.9 Å². The molecule has 1 N–H and O–H groups in total. The first kappa shape index (κ1) is 27.2. The third kappa shape index (κ3) is 6.19. The fourth-order valence-corrected chi connectivity index (χ4v) is 5.77. The monoisotopic (exact) mass is 552 g/mol. The Morgan fingerprint density at radius 1 is 1.02 bits per heavy atom. The molecule has 8 heteroatoms. The standard InChI is InChI=1S/C33H36N4O4/c1-23-10-12-24(13-11-23)31(32(38)35-26-7-3-4-8-26)37(27-20-25-6-2-5-9-29(25)34-21-27)33(39)30-15-14-28(41-30)22-36-16-18-40-19-17-36/h2,5-6,9-15,20-21,26,31H,3-4,7-8,16-19,22H2,1H3,(H,35,38)/t31-/m0/s1. The molecular formula is C33H36N4O4. The van der Waals surface area contributed by atoms with E-state index in [0.717, 1.165) is 60.8 Å². The van der Waals surface area contributed by atoms with Gasteiger partial charge in [0, 0.05) is 24.5 Å². The maximum atomic E-state index is 14.4. The van der Waals surface area contributed by atoms with E-state index in [-0.39, 0.29) is 23.6 Å². The molecule has 2 aromatic carbocycles. The zero-order valence-electron chi connectivity index (χ0n) is 23.4. The van der Waals surface area contributed by atoms with Crippen LogP contribution in [0.3, 0.4) is 0 Å². The Balaban J connectivity index is 1.40. The number of benzene rings is 2. The van der Waals surface area contributed by atoms with E-state index in [1.165, 1.54) is 0 Å². The number of aryl methyl sites for hydroxylation is 1. The summed E-state index contributed by atoms with van der Waals surface area (Å²) in [6.07, 6.45) is 5.75. The van der Waals surface area contributed by atoms with Gasteiger partial charge in [-0.05, 0) is 49.6 Å². The molecule has 2 aliphatic rings. The lowest BCUT2D eigenvalue weighted by molar-refractivity contribution is -0.123. The molecule has 4 aromatic rings. The van der Waals surface area contributed by atoms with E-state index in [1.807, 2.05) is 67.6 Å². The predicted octanol–water partition coefficient (Wildman–Crippen LogP) is 5.42. The number of aromatic nitrogens is 1. The average Bonchev–Trinajstić information content (AvgIpc) is 3.69. The highest BCUT2D eigenvalue weighted by atomic mass is 16.5. The Hall–Kier alpha value is -4.01. The second-order valence-corrected chi connectivity index (χ2v) is 11.0. The van der Waals surface area contributed by atoms with E-state index in [0.29, 0.717) is 31.2 Å². The van der Waals surface area contributed by atoms with Gasteiger partial charge in [-0.1, -0.05) is 60.9 Å². The normalized spacial score (nSPS) is 17.0. The van der Waals surface area contributed by atoms with Crippen molar-refractivity contribution in [1.82, 2.24) is 15.2 Å². The number of carbonyl (C=O) groups excluding carboxylic acids is 2. The fraction of sp³-hybridized carbons (Fsp3) is 0.364. The molecule has 6 rings (SSSR count). The highest BCUT2D eigenvalue weighted by molar-refractivity contribution is 6.09. The first-order valence-electron chi connectivity index (χ1n) is 14.5. The van der Waals surface area contributed by atoms with E-state index in [1.54, 1.807) is 17.2 Å². The first-order valence-corrected chi connectivity index (χ1v) is 14.5. The number of amides is 2. The minimum absolute atomic E-state index is 0.103. The number of carbonyl (C=O) groups is 2. The van der Waals surface area contributed by atoms with Crippen LogP contribution < -0.4 is 10.2 Å². The van der Waals surface area contributed by atoms with Gasteiger partial charge in [-0.25, -0.2) is 0 Å². The SMILES string of the molecule is Cc1ccc([C@@H](C(=O)NC2CCCC2)N(C(=O)c2ccc(CN3CCOCC3)o2)c2cnc3ccccc3c2)cc1. The van der Waals surface area contributed by atoms with Crippen LogP contribution in [0.1, 0.15) is 59.2 Å². The number of para-hydroxylation sites is 1. The van der Waals surface area contributed by atoms with Crippen LogP contribution in [-0.2, 0) is 16.1 Å². The van der Waals surface area contributed by atoms with Gasteiger partial charge in [0.15, 0.2) is 5.76 Å². The second-order valence-electron chi connectivity index (χ2n) is 11.0. The van der Waals surface area contributed by atoms with Crippen LogP contribution in [0.2, 0.25) is 0 Å². The highest BCUT2D eigenvalue weighted by Gasteiger charge is 2.36. The number of anilines is 1. The van der Waals surface area contributed by atoms with Crippen molar-refractivity contribution in [1.29, 1.82) is 0 Å². The van der Waals surface area contributed by atoms with Gasteiger partial charge >= 0.3 is 0 Å². The Morgan fingerprint density at radius 3 is 2.56 bits per heavy atom. The molecule has 212 valence electrons. The van der Waals surface area contributed by atoms with Crippen LogP contribution in [0.5, 0.6) is 0 Å². The van der Waals surface area contributed by atoms with Crippen molar-refractivity contribution in [2.75, 3.05) is 31.2 Å². The zero-order valence-corrected chi connectivity index (χ0v) is 23.4. The average molecular weight is 553 g/mol. The Kier molecular flexibility index (Phi) is 8.11. The lowest BCUT2D eigenvalue weighted by atomic mass is 10.0. The van der Waals surface area contributed by atoms with E-state index in [4.69, 9.17) is 9.15 Å². The van der Waals surface area contributed by atoms with Gasteiger partial charge in [0.1, 0.15) is 11.8 Å². The third-order valence-electron chi connectivity index (χ3n) is 8.03. The maximum absolute atomic E-state index is 14.4. The number of hydrogen-bond donors (Lipinski definition) is 1. The molecule has 1 atom stereocenters. The molecule has 2 aromatic heterocycles. The number of nitrogens with zero attached hydrogens (tertiary/aromatic N) is 3. The van der Waals surface area contributed by atoms with Crippen LogP contribution in [0.4, 0.5) is 5.69 Å². The maximum Gasteiger partial charge on any atom is 0.295 e. The van der Waals surface area contributed by atoms with Gasteiger partial charge in [0.2, 0.25) is 5.91 Å². The predicted molar refractivity (Wildman–Crippen MR) is 158 cm³/mol. The summed E-state index contributed by atoms with van der Waals surface area (Å²) in [5.74, 6) is 0.297. The summed E-state index contributed by atoms with van der Waals surface area (Å²) < 4.78 is 11.6. The largest absolute Gasteiger partial charge is 0.455 e. The number of fused-ring (bicyclic) bond motifs is 1. The van der Waals surface area contributed by atoms with Crippen molar-refractivity contribution in [3.8, 4) is 0 Å². The Bertz CT molecular complexity index is 1500. The highest BCUT2D eigenvalue weighted by Crippen LogP contribution is 2.32. The van der Waals surface area contributed by atoms with Crippen LogP contribution in [0, 0.1) is 6.92 Å². The number of hydrogen-bond acceptors (Lipinski definition) is 6. The molecule has 0 radical (unpaired) electrons. The number of ether oxygens (including phenoxy) is 1. The molecule has 2 fully saturated rings. The van der Waals surface area contributed by atoms with Gasteiger partial charge < -0.3 is 14.5 Å². The number of pyridine rings is 1. The molecule has 0 spiro atoms. The summed E-state index contributed by atoms with van der Waals surface area (Å²) in [5, 5.41) is 4.13. The minimum atomic E-state index is -0.903. The molecule has 0 bridgehead atoms. The zero-order chi connectivity index (χ0) is 28.2. The van der Waals surface area contributed by atoms with Crippen molar-refractivity contribution in [2.24, 2.45) is 0 Å². The van der Waals surface area contributed by atoms with E-state index >= 15 is 0 Å². The van der Waals surface area contributed by atoms with Gasteiger partial charge in [0.25, 0.3) is 5.91 Å². The molecule has 1 saturated heterocycles. The summed E-state index contributed by atoms with van der Waals surface area (Å²) in [5.41, 5.74) is 3.16. The summed E-state index contributed by atoms with van der Waals surface area (Å²) in [6, 6.07) is 20.2. The second kappa shape index (κ2) is 12.2. The fourth-order valence-electron chi connectivity index (χ4n) is 5.77. The van der Waals surface area contributed by atoms with Crippen LogP contribution in [-0.4, -0.2) is 54.0 Å². The van der Waals surface area contributed by atoms with Crippen molar-refractivity contribution in [3.63, 3.8) is 0 Å². The molecular weight excluding hydrogens is 516 g/mol. The smallest absolute Gasteiger partial charge is 0.295 e. The number of morpholine rings is 1. The third-order valence-corrected chi connectivity index (χ3v) is 8.03. The van der Waals surface area contributed by atoms with E-state index in [2.05, 4.69) is 15.2 Å². The van der Waals surface area contributed by atoms with Gasteiger partial charge in [-0.15, -0.1) is 0 Å². The first-order chi connectivity index (χ1) is 20.0. The minimum Gasteiger partial charge on any atom is -0.455 e. The molecule has 1 aliphatic heterocycles. The molecule has 1 aliphatic carbocycles. The summed E-state index contributed by atoms with van der Waals surface area (Å²) in [7, 11) is 0. The van der Waals surface area contributed by atoms with Crippen molar-refractivity contribution < 1.29 is 18.7 Å². The lowest BCUT2D eigenvalue weighted by Crippen LogP contribution is -2.46. The molecule has 2 amide bonds. The summed E-state index contributed by atoms with van der Waals surface area (Å²) in [4.78, 5) is 36.9. The van der Waals surface area contributed by atoms with Gasteiger partial charge in [-0.2, -0.15) is 0 Å². The van der Waals surface area contributed by atoms with Gasteiger partial charge in [0.05, 0.1) is 37.2 Å². The summed E-state index contributed by atoms with van der Waals surface area (Å²) in [6.45, 7) is 5.60. The molecule has 0 unspecified atom stereocenters. The van der Waals surface area contributed by atoms with Crippen molar-refractivity contribution >= 4 is 28.4 Å². The van der Waals surface area contributed by atoms with E-state index < -0.39 is 6.04 Å². The van der Waals surface area contributed by atoms with Crippen LogP contribution in [0.25, 0.3) is 10.9 Å². The molecule has 8 nitrogen and oxygen atoms in total.